The van der Waals surface area contributed by atoms with Crippen LogP contribution in [0.4, 0.5) is 0 Å². The Morgan fingerprint density at radius 1 is 1.55 bits per heavy atom. The van der Waals surface area contributed by atoms with Crippen LogP contribution in [0.25, 0.3) is 0 Å². The maximum Gasteiger partial charge on any atom is 0.255 e. The van der Waals surface area contributed by atoms with Gasteiger partial charge < -0.3 is 14.4 Å². The second kappa shape index (κ2) is 6.34. The molecule has 2 fully saturated rings. The van der Waals surface area contributed by atoms with E-state index in [4.69, 9.17) is 9.47 Å². The molecule has 0 spiro atoms. The molecule has 120 valence electrons. The molecule has 1 amide bonds. The third-order valence-electron chi connectivity index (χ3n) is 4.87. The summed E-state index contributed by atoms with van der Waals surface area (Å²) in [6.07, 6.45) is 4.86. The van der Waals surface area contributed by atoms with Crippen LogP contribution in [-0.2, 0) is 9.47 Å². The standard InChI is InChI=1S/C17H24N2O3/c1-13-4-5-14(10-18-13)16(20)19-8-6-15-17(11-19,12-21-2)7-3-9-22-15/h4-5,10,15H,3,6-9,11-12H2,1-2H3/t15-,17+/m1/s1. The zero-order chi connectivity index (χ0) is 15.6. The number of aromatic nitrogens is 1. The van der Waals surface area contributed by atoms with Gasteiger partial charge in [-0.3, -0.25) is 9.78 Å². The molecule has 5 nitrogen and oxygen atoms in total. The second-order valence-corrected chi connectivity index (χ2v) is 6.46. The van der Waals surface area contributed by atoms with E-state index in [0.717, 1.165) is 38.1 Å². The van der Waals surface area contributed by atoms with Gasteiger partial charge in [-0.2, -0.15) is 0 Å². The smallest absolute Gasteiger partial charge is 0.255 e. The van der Waals surface area contributed by atoms with Crippen molar-refractivity contribution in [2.45, 2.75) is 32.3 Å². The van der Waals surface area contributed by atoms with Crippen LogP contribution in [0.3, 0.4) is 0 Å². The van der Waals surface area contributed by atoms with Gasteiger partial charge in [-0.25, -0.2) is 0 Å². The van der Waals surface area contributed by atoms with Gasteiger partial charge >= 0.3 is 0 Å². The molecule has 0 N–H and O–H groups in total. The Bertz CT molecular complexity index is 527. The SMILES string of the molecule is COC[C@@]12CCCO[C@@H]1CCN(C(=O)c1ccc(C)nc1)C2. The summed E-state index contributed by atoms with van der Waals surface area (Å²) in [5.74, 6) is 0.0620. The molecule has 3 heterocycles. The van der Waals surface area contributed by atoms with Crippen LogP contribution in [0, 0.1) is 12.3 Å². The molecule has 0 aliphatic carbocycles. The summed E-state index contributed by atoms with van der Waals surface area (Å²) in [5, 5.41) is 0. The molecule has 5 heteroatoms. The summed E-state index contributed by atoms with van der Waals surface area (Å²) >= 11 is 0. The van der Waals surface area contributed by atoms with Gasteiger partial charge in [-0.05, 0) is 38.3 Å². The van der Waals surface area contributed by atoms with Crippen LogP contribution in [0.5, 0.6) is 0 Å². The first kappa shape index (κ1) is 15.4. The van der Waals surface area contributed by atoms with E-state index in [1.165, 1.54) is 0 Å². The van der Waals surface area contributed by atoms with Gasteiger partial charge in [0.1, 0.15) is 0 Å². The lowest BCUT2D eigenvalue weighted by molar-refractivity contribution is -0.142. The molecule has 22 heavy (non-hydrogen) atoms. The summed E-state index contributed by atoms with van der Waals surface area (Å²) in [7, 11) is 1.73. The van der Waals surface area contributed by atoms with Gasteiger partial charge in [0, 0.05) is 44.1 Å². The molecule has 0 radical (unpaired) electrons. The highest BCUT2D eigenvalue weighted by molar-refractivity contribution is 5.94. The number of aryl methyl sites for hydroxylation is 1. The summed E-state index contributed by atoms with van der Waals surface area (Å²) < 4.78 is 11.4. The van der Waals surface area contributed by atoms with Crippen LogP contribution >= 0.6 is 0 Å². The van der Waals surface area contributed by atoms with Crippen molar-refractivity contribution < 1.29 is 14.3 Å². The maximum atomic E-state index is 12.7. The minimum atomic E-state index is -0.0565. The van der Waals surface area contributed by atoms with Gasteiger partial charge in [-0.15, -0.1) is 0 Å². The first-order valence-electron chi connectivity index (χ1n) is 7.97. The van der Waals surface area contributed by atoms with Gasteiger partial charge in [0.15, 0.2) is 0 Å². The summed E-state index contributed by atoms with van der Waals surface area (Å²) in [6.45, 7) is 4.84. The average Bonchev–Trinajstić information content (AvgIpc) is 2.54. The third kappa shape index (κ3) is 2.88. The topological polar surface area (TPSA) is 51.7 Å². The first-order chi connectivity index (χ1) is 10.6. The van der Waals surface area contributed by atoms with Gasteiger partial charge in [0.25, 0.3) is 5.91 Å². The lowest BCUT2D eigenvalue weighted by atomic mass is 9.73. The van der Waals surface area contributed by atoms with Crippen molar-refractivity contribution in [3.8, 4) is 0 Å². The number of piperidine rings is 1. The first-order valence-corrected chi connectivity index (χ1v) is 7.97. The van der Waals surface area contributed by atoms with E-state index in [1.807, 2.05) is 24.0 Å². The predicted molar refractivity (Wildman–Crippen MR) is 82.8 cm³/mol. The molecular weight excluding hydrogens is 280 g/mol. The molecule has 2 aliphatic rings. The Hall–Kier alpha value is -1.46. The highest BCUT2D eigenvalue weighted by Gasteiger charge is 2.47. The number of rotatable bonds is 3. The van der Waals surface area contributed by atoms with Crippen LogP contribution in [0.2, 0.25) is 0 Å². The van der Waals surface area contributed by atoms with Crippen molar-refractivity contribution >= 4 is 5.91 Å². The highest BCUT2D eigenvalue weighted by Crippen LogP contribution is 2.40. The van der Waals surface area contributed by atoms with E-state index < -0.39 is 0 Å². The van der Waals surface area contributed by atoms with Gasteiger partial charge in [0.05, 0.1) is 18.3 Å². The van der Waals surface area contributed by atoms with E-state index in [0.29, 0.717) is 18.7 Å². The lowest BCUT2D eigenvalue weighted by Crippen LogP contribution is -2.58. The summed E-state index contributed by atoms with van der Waals surface area (Å²) in [5.41, 5.74) is 1.53. The van der Waals surface area contributed by atoms with Crippen LogP contribution < -0.4 is 0 Å². The number of carbonyl (C=O) groups excluding carboxylic acids is 1. The quantitative estimate of drug-likeness (QED) is 0.857. The molecule has 2 aliphatic heterocycles. The zero-order valence-electron chi connectivity index (χ0n) is 13.4. The Labute approximate surface area is 131 Å². The number of nitrogens with zero attached hydrogens (tertiary/aromatic N) is 2. The predicted octanol–water partition coefficient (Wildman–Crippen LogP) is 2.05. The highest BCUT2D eigenvalue weighted by atomic mass is 16.5. The molecule has 0 aromatic carbocycles. The summed E-state index contributed by atoms with van der Waals surface area (Å²) in [4.78, 5) is 18.9. The number of carbonyl (C=O) groups is 1. The van der Waals surface area contributed by atoms with Crippen LogP contribution in [-0.4, -0.2) is 55.3 Å². The Morgan fingerprint density at radius 2 is 2.41 bits per heavy atom. The Morgan fingerprint density at radius 3 is 3.14 bits per heavy atom. The monoisotopic (exact) mass is 304 g/mol. The van der Waals surface area contributed by atoms with E-state index in [-0.39, 0.29) is 17.4 Å². The zero-order valence-corrected chi connectivity index (χ0v) is 13.4. The molecule has 0 saturated carbocycles. The Kier molecular flexibility index (Phi) is 4.45. The van der Waals surface area contributed by atoms with Crippen LogP contribution in [0.1, 0.15) is 35.3 Å². The van der Waals surface area contributed by atoms with Crippen LogP contribution in [0.15, 0.2) is 18.3 Å². The van der Waals surface area contributed by atoms with Crippen molar-refractivity contribution in [3.05, 3.63) is 29.6 Å². The number of hydrogen-bond donors (Lipinski definition) is 0. The molecule has 1 aromatic rings. The number of pyridine rings is 1. The normalized spacial score (nSPS) is 28.3. The van der Waals surface area contributed by atoms with E-state index in [9.17, 15) is 4.79 Å². The minimum Gasteiger partial charge on any atom is -0.384 e. The van der Waals surface area contributed by atoms with Crippen molar-refractivity contribution in [3.63, 3.8) is 0 Å². The molecular formula is C17H24N2O3. The van der Waals surface area contributed by atoms with Gasteiger partial charge in [0.2, 0.25) is 0 Å². The second-order valence-electron chi connectivity index (χ2n) is 6.46. The van der Waals surface area contributed by atoms with Crippen molar-refractivity contribution in [1.82, 2.24) is 9.88 Å². The number of fused-ring (bicyclic) bond motifs is 1. The molecule has 0 unspecified atom stereocenters. The summed E-state index contributed by atoms with van der Waals surface area (Å²) in [6, 6.07) is 3.74. The van der Waals surface area contributed by atoms with Crippen molar-refractivity contribution in [2.24, 2.45) is 5.41 Å². The molecule has 2 atom stereocenters. The van der Waals surface area contributed by atoms with Gasteiger partial charge in [-0.1, -0.05) is 0 Å². The molecule has 3 rings (SSSR count). The van der Waals surface area contributed by atoms with Crippen molar-refractivity contribution in [2.75, 3.05) is 33.4 Å². The largest absolute Gasteiger partial charge is 0.384 e. The number of likely N-dealkylation sites (tertiary alicyclic amines) is 1. The van der Waals surface area contributed by atoms with E-state index >= 15 is 0 Å². The maximum absolute atomic E-state index is 12.7. The van der Waals surface area contributed by atoms with E-state index in [1.54, 1.807) is 13.3 Å². The third-order valence-corrected chi connectivity index (χ3v) is 4.87. The van der Waals surface area contributed by atoms with E-state index in [2.05, 4.69) is 4.98 Å². The molecule has 1 aromatic heterocycles. The fourth-order valence-electron chi connectivity index (χ4n) is 3.74. The minimum absolute atomic E-state index is 0.0565. The number of ether oxygens (including phenoxy) is 2. The lowest BCUT2D eigenvalue weighted by Gasteiger charge is -2.50. The fraction of sp³-hybridized carbons (Fsp3) is 0.647. The fourth-order valence-corrected chi connectivity index (χ4v) is 3.74. The number of hydrogen-bond acceptors (Lipinski definition) is 4. The average molecular weight is 304 g/mol. The molecule has 0 bridgehead atoms. The molecule has 2 saturated heterocycles. The number of methoxy groups -OCH3 is 1. The number of amides is 1. The Balaban J connectivity index is 1.78. The van der Waals surface area contributed by atoms with Crippen molar-refractivity contribution in [1.29, 1.82) is 0 Å².